The molecule has 0 saturated carbocycles. The first-order valence-electron chi connectivity index (χ1n) is 9.59. The Kier molecular flexibility index (Phi) is 5.96. The number of piperidine rings is 1. The van der Waals surface area contributed by atoms with Crippen molar-refractivity contribution in [3.05, 3.63) is 30.7 Å². The lowest BCUT2D eigenvalue weighted by Crippen LogP contribution is -2.49. The fourth-order valence-corrected chi connectivity index (χ4v) is 3.40. The van der Waals surface area contributed by atoms with Crippen LogP contribution >= 0.6 is 0 Å². The highest BCUT2D eigenvalue weighted by molar-refractivity contribution is 6.07. The van der Waals surface area contributed by atoms with Gasteiger partial charge in [0.1, 0.15) is 17.8 Å². The van der Waals surface area contributed by atoms with Crippen LogP contribution in [0.15, 0.2) is 25.2 Å². The molecule has 1 fully saturated rings. The van der Waals surface area contributed by atoms with E-state index in [2.05, 4.69) is 26.8 Å². The summed E-state index contributed by atoms with van der Waals surface area (Å²) in [5.74, 6) is 0.332. The number of carbonyl (C=O) groups is 2. The SMILES string of the molecule is C=CC(=O)N1CC(Nc2ncnc3[nH]cc(C(=O)OCC(C)C)c23)CCC1C. The number of nitrogens with one attached hydrogen (secondary N) is 2. The zero-order valence-corrected chi connectivity index (χ0v) is 16.6. The van der Waals surface area contributed by atoms with Gasteiger partial charge in [-0.05, 0) is 31.8 Å². The van der Waals surface area contributed by atoms with Crippen LogP contribution in [0.1, 0.15) is 44.0 Å². The van der Waals surface area contributed by atoms with Crippen molar-refractivity contribution in [3.63, 3.8) is 0 Å². The Morgan fingerprint density at radius 1 is 1.43 bits per heavy atom. The van der Waals surface area contributed by atoms with Gasteiger partial charge in [-0.25, -0.2) is 14.8 Å². The molecule has 2 unspecified atom stereocenters. The second kappa shape index (κ2) is 8.41. The lowest BCUT2D eigenvalue weighted by molar-refractivity contribution is -0.129. The van der Waals surface area contributed by atoms with Gasteiger partial charge in [0.05, 0.1) is 17.6 Å². The number of esters is 1. The Bertz CT molecular complexity index is 876. The van der Waals surface area contributed by atoms with E-state index in [1.54, 1.807) is 6.20 Å². The number of hydrogen-bond acceptors (Lipinski definition) is 6. The second-order valence-corrected chi connectivity index (χ2v) is 7.60. The molecule has 2 N–H and O–H groups in total. The number of ether oxygens (including phenoxy) is 1. The minimum Gasteiger partial charge on any atom is -0.462 e. The first kappa shape index (κ1) is 19.9. The second-order valence-electron chi connectivity index (χ2n) is 7.60. The molecule has 28 heavy (non-hydrogen) atoms. The largest absolute Gasteiger partial charge is 0.462 e. The minimum atomic E-state index is -0.404. The highest BCUT2D eigenvalue weighted by Gasteiger charge is 2.29. The third kappa shape index (κ3) is 4.16. The number of likely N-dealkylation sites (tertiary alicyclic amines) is 1. The van der Waals surface area contributed by atoms with Crippen LogP contribution < -0.4 is 5.32 Å². The fraction of sp³-hybridized carbons (Fsp3) is 0.500. The van der Waals surface area contributed by atoms with Crippen molar-refractivity contribution in [2.24, 2.45) is 5.92 Å². The third-order valence-corrected chi connectivity index (χ3v) is 4.92. The van der Waals surface area contributed by atoms with Gasteiger partial charge in [0.2, 0.25) is 5.91 Å². The van der Waals surface area contributed by atoms with Gasteiger partial charge in [-0.1, -0.05) is 20.4 Å². The summed E-state index contributed by atoms with van der Waals surface area (Å²) >= 11 is 0. The van der Waals surface area contributed by atoms with Crippen molar-refractivity contribution in [2.45, 2.75) is 45.7 Å². The highest BCUT2D eigenvalue weighted by Crippen LogP contribution is 2.27. The number of fused-ring (bicyclic) bond motifs is 1. The summed E-state index contributed by atoms with van der Waals surface area (Å²) in [4.78, 5) is 38.0. The van der Waals surface area contributed by atoms with E-state index < -0.39 is 5.97 Å². The summed E-state index contributed by atoms with van der Waals surface area (Å²) in [7, 11) is 0. The summed E-state index contributed by atoms with van der Waals surface area (Å²) in [5.41, 5.74) is 0.971. The fourth-order valence-electron chi connectivity index (χ4n) is 3.40. The predicted molar refractivity (Wildman–Crippen MR) is 107 cm³/mol. The monoisotopic (exact) mass is 385 g/mol. The van der Waals surface area contributed by atoms with Crippen LogP contribution in [-0.4, -0.2) is 57.0 Å². The Hall–Kier alpha value is -2.90. The van der Waals surface area contributed by atoms with Crippen LogP contribution in [0.5, 0.6) is 0 Å². The molecule has 1 saturated heterocycles. The van der Waals surface area contributed by atoms with Crippen molar-refractivity contribution in [1.82, 2.24) is 19.9 Å². The molecule has 8 nitrogen and oxygen atoms in total. The lowest BCUT2D eigenvalue weighted by Gasteiger charge is -2.38. The maximum Gasteiger partial charge on any atom is 0.340 e. The van der Waals surface area contributed by atoms with E-state index in [1.807, 2.05) is 25.7 Å². The molecule has 3 heterocycles. The van der Waals surface area contributed by atoms with Crippen LogP contribution in [0, 0.1) is 5.92 Å². The molecule has 1 aliphatic rings. The number of nitrogens with zero attached hydrogens (tertiary/aromatic N) is 3. The van der Waals surface area contributed by atoms with Gasteiger partial charge in [-0.15, -0.1) is 0 Å². The molecular weight excluding hydrogens is 358 g/mol. The van der Waals surface area contributed by atoms with Gasteiger partial charge < -0.3 is 19.9 Å². The smallest absolute Gasteiger partial charge is 0.340 e. The molecule has 1 aliphatic heterocycles. The summed E-state index contributed by atoms with van der Waals surface area (Å²) in [5, 5.41) is 4.00. The molecule has 0 aromatic carbocycles. The first-order valence-corrected chi connectivity index (χ1v) is 9.59. The number of aromatic amines is 1. The summed E-state index contributed by atoms with van der Waals surface area (Å²) in [6.07, 6.45) is 6.16. The van der Waals surface area contributed by atoms with E-state index in [-0.39, 0.29) is 23.9 Å². The average molecular weight is 385 g/mol. The lowest BCUT2D eigenvalue weighted by atomic mass is 9.99. The summed E-state index contributed by atoms with van der Waals surface area (Å²) in [6.45, 7) is 10.5. The van der Waals surface area contributed by atoms with Gasteiger partial charge in [0.15, 0.2) is 0 Å². The normalized spacial score (nSPS) is 19.6. The van der Waals surface area contributed by atoms with Crippen molar-refractivity contribution in [3.8, 4) is 0 Å². The highest BCUT2D eigenvalue weighted by atomic mass is 16.5. The van der Waals surface area contributed by atoms with E-state index >= 15 is 0 Å². The minimum absolute atomic E-state index is 0.0210. The zero-order chi connectivity index (χ0) is 20.3. The van der Waals surface area contributed by atoms with Crippen molar-refractivity contribution in [1.29, 1.82) is 0 Å². The molecule has 8 heteroatoms. The standard InChI is InChI=1S/C20H27N5O3/c1-5-16(26)25-9-14(7-6-13(25)4)24-19-17-15(20(27)28-10-12(2)3)8-21-18(17)22-11-23-19/h5,8,11-14H,1,6-7,9-10H2,2-4H3,(H2,21,22,23,24). The summed E-state index contributed by atoms with van der Waals surface area (Å²) in [6, 6.07) is 0.190. The van der Waals surface area contributed by atoms with Crippen molar-refractivity contribution >= 4 is 28.7 Å². The van der Waals surface area contributed by atoms with E-state index in [4.69, 9.17) is 4.74 Å². The number of carbonyl (C=O) groups excluding carboxylic acids is 2. The topological polar surface area (TPSA) is 100 Å². The number of rotatable bonds is 6. The number of amides is 1. The van der Waals surface area contributed by atoms with E-state index in [1.165, 1.54) is 12.4 Å². The maximum atomic E-state index is 12.5. The third-order valence-electron chi connectivity index (χ3n) is 4.92. The van der Waals surface area contributed by atoms with Crippen molar-refractivity contribution in [2.75, 3.05) is 18.5 Å². The van der Waals surface area contributed by atoms with E-state index in [0.717, 1.165) is 12.8 Å². The molecule has 2 atom stereocenters. The number of anilines is 1. The quantitative estimate of drug-likeness (QED) is 0.586. The molecule has 0 aliphatic carbocycles. The number of aromatic nitrogens is 3. The van der Waals surface area contributed by atoms with Crippen LogP contribution in [0.25, 0.3) is 11.0 Å². The molecular formula is C20H27N5O3. The summed E-state index contributed by atoms with van der Waals surface area (Å²) < 4.78 is 5.37. The molecule has 1 amide bonds. The zero-order valence-electron chi connectivity index (χ0n) is 16.6. The molecule has 0 spiro atoms. The Morgan fingerprint density at radius 2 is 2.21 bits per heavy atom. The Labute approximate surface area is 164 Å². The first-order chi connectivity index (χ1) is 13.4. The van der Waals surface area contributed by atoms with Crippen LogP contribution in [0.3, 0.4) is 0 Å². The molecule has 0 radical (unpaired) electrons. The van der Waals surface area contributed by atoms with Crippen LogP contribution in [0.2, 0.25) is 0 Å². The predicted octanol–water partition coefficient (Wildman–Crippen LogP) is 2.75. The van der Waals surface area contributed by atoms with Gasteiger partial charge in [0.25, 0.3) is 0 Å². The molecule has 0 bridgehead atoms. The van der Waals surface area contributed by atoms with Gasteiger partial charge in [-0.2, -0.15) is 0 Å². The molecule has 150 valence electrons. The van der Waals surface area contributed by atoms with Gasteiger partial charge in [-0.3, -0.25) is 4.79 Å². The van der Waals surface area contributed by atoms with Crippen molar-refractivity contribution < 1.29 is 14.3 Å². The van der Waals surface area contributed by atoms with E-state index in [0.29, 0.717) is 35.6 Å². The van der Waals surface area contributed by atoms with Gasteiger partial charge in [0, 0.05) is 24.8 Å². The van der Waals surface area contributed by atoms with Crippen LogP contribution in [0.4, 0.5) is 5.82 Å². The number of H-pyrrole nitrogens is 1. The molecule has 3 rings (SSSR count). The molecule has 2 aromatic heterocycles. The number of hydrogen-bond donors (Lipinski definition) is 2. The maximum absolute atomic E-state index is 12.5. The Morgan fingerprint density at radius 3 is 2.93 bits per heavy atom. The molecule has 2 aromatic rings. The van der Waals surface area contributed by atoms with E-state index in [9.17, 15) is 9.59 Å². The Balaban J connectivity index is 1.83. The van der Waals surface area contributed by atoms with Crippen LogP contribution in [-0.2, 0) is 9.53 Å². The van der Waals surface area contributed by atoms with Gasteiger partial charge >= 0.3 is 5.97 Å². The average Bonchev–Trinajstić information content (AvgIpc) is 3.12.